The highest BCUT2D eigenvalue weighted by molar-refractivity contribution is 5.74. The normalized spacial score (nSPS) is 28.1. The number of amides is 2. The van der Waals surface area contributed by atoms with Crippen molar-refractivity contribution < 1.29 is 4.79 Å². The maximum absolute atomic E-state index is 11.8. The van der Waals surface area contributed by atoms with Gasteiger partial charge in [-0.1, -0.05) is 6.92 Å². The number of nitrogens with one attached hydrogen (secondary N) is 2. The van der Waals surface area contributed by atoms with Crippen LogP contribution in [-0.2, 0) is 0 Å². The highest BCUT2D eigenvalue weighted by atomic mass is 16.2. The van der Waals surface area contributed by atoms with E-state index in [0.717, 1.165) is 51.4 Å². The topological polar surface area (TPSA) is 44.4 Å². The van der Waals surface area contributed by atoms with Crippen molar-refractivity contribution in [2.75, 3.05) is 26.2 Å². The Balaban J connectivity index is 1.75. The fourth-order valence-electron chi connectivity index (χ4n) is 2.26. The average molecular weight is 211 g/mol. The molecule has 2 N–H and O–H groups in total. The Bertz CT molecular complexity index is 218. The molecule has 1 atom stereocenters. The molecule has 0 aromatic carbocycles. The molecule has 0 radical (unpaired) electrons. The quantitative estimate of drug-likeness (QED) is 0.673. The third-order valence-corrected chi connectivity index (χ3v) is 3.46. The van der Waals surface area contributed by atoms with E-state index in [1.165, 1.54) is 0 Å². The molecule has 0 aromatic heterocycles. The Morgan fingerprint density at radius 2 is 2.07 bits per heavy atom. The summed E-state index contributed by atoms with van der Waals surface area (Å²) in [4.78, 5) is 13.8. The second-order valence-corrected chi connectivity index (χ2v) is 4.81. The van der Waals surface area contributed by atoms with Gasteiger partial charge < -0.3 is 15.5 Å². The van der Waals surface area contributed by atoms with Crippen LogP contribution in [0.5, 0.6) is 0 Å². The number of rotatable bonds is 1. The summed E-state index contributed by atoms with van der Waals surface area (Å²) < 4.78 is 0. The molecule has 2 aliphatic heterocycles. The van der Waals surface area contributed by atoms with Crippen molar-refractivity contribution in [2.45, 2.75) is 32.2 Å². The molecule has 4 heteroatoms. The van der Waals surface area contributed by atoms with Gasteiger partial charge in [-0.3, -0.25) is 0 Å². The smallest absolute Gasteiger partial charge is 0.317 e. The predicted molar refractivity (Wildman–Crippen MR) is 59.8 cm³/mol. The van der Waals surface area contributed by atoms with E-state index in [-0.39, 0.29) is 6.03 Å². The second-order valence-electron chi connectivity index (χ2n) is 4.81. The van der Waals surface area contributed by atoms with Gasteiger partial charge in [0.05, 0.1) is 0 Å². The fourth-order valence-corrected chi connectivity index (χ4v) is 2.26. The van der Waals surface area contributed by atoms with Crippen molar-refractivity contribution in [1.29, 1.82) is 0 Å². The van der Waals surface area contributed by atoms with Crippen molar-refractivity contribution >= 4 is 6.03 Å². The van der Waals surface area contributed by atoms with Gasteiger partial charge >= 0.3 is 6.03 Å². The van der Waals surface area contributed by atoms with Crippen molar-refractivity contribution in [3.8, 4) is 0 Å². The lowest BCUT2D eigenvalue weighted by Crippen LogP contribution is -2.48. The molecule has 15 heavy (non-hydrogen) atoms. The van der Waals surface area contributed by atoms with E-state index >= 15 is 0 Å². The number of nitrogens with zero attached hydrogens (tertiary/aromatic N) is 1. The van der Waals surface area contributed by atoms with Crippen molar-refractivity contribution in [3.63, 3.8) is 0 Å². The summed E-state index contributed by atoms with van der Waals surface area (Å²) in [6.45, 7) is 6.06. The number of hydrogen-bond donors (Lipinski definition) is 2. The van der Waals surface area contributed by atoms with Gasteiger partial charge in [0.25, 0.3) is 0 Å². The molecule has 4 nitrogen and oxygen atoms in total. The minimum atomic E-state index is 0.135. The summed E-state index contributed by atoms with van der Waals surface area (Å²) in [6.07, 6.45) is 3.36. The third-order valence-electron chi connectivity index (χ3n) is 3.46. The Labute approximate surface area is 91.4 Å². The molecule has 2 rings (SSSR count). The van der Waals surface area contributed by atoms with Crippen LogP contribution < -0.4 is 10.6 Å². The first kappa shape index (κ1) is 10.7. The molecule has 86 valence electrons. The number of piperidine rings is 1. The number of likely N-dealkylation sites (tertiary alicyclic amines) is 1. The molecule has 0 bridgehead atoms. The van der Waals surface area contributed by atoms with Gasteiger partial charge in [0.1, 0.15) is 0 Å². The standard InChI is InChI=1S/C11H21N3O/c1-9-3-6-14(7-4-9)11(15)13-10-2-5-12-8-10/h9-10,12H,2-8H2,1H3,(H,13,15)/t10-/m1/s1. The number of hydrogen-bond acceptors (Lipinski definition) is 2. The highest BCUT2D eigenvalue weighted by Crippen LogP contribution is 2.16. The Morgan fingerprint density at radius 1 is 1.33 bits per heavy atom. The summed E-state index contributed by atoms with van der Waals surface area (Å²) in [6, 6.07) is 0.479. The van der Waals surface area contributed by atoms with E-state index in [2.05, 4.69) is 17.6 Å². The number of carbonyl (C=O) groups is 1. The van der Waals surface area contributed by atoms with Crippen LogP contribution in [0.4, 0.5) is 4.79 Å². The molecule has 0 unspecified atom stereocenters. The second kappa shape index (κ2) is 4.84. The minimum absolute atomic E-state index is 0.135. The lowest BCUT2D eigenvalue weighted by molar-refractivity contribution is 0.171. The molecule has 0 aromatic rings. The van der Waals surface area contributed by atoms with Crippen LogP contribution in [-0.4, -0.2) is 43.2 Å². The Morgan fingerprint density at radius 3 is 2.67 bits per heavy atom. The lowest BCUT2D eigenvalue weighted by atomic mass is 10.00. The van der Waals surface area contributed by atoms with Gasteiger partial charge in [0.2, 0.25) is 0 Å². The predicted octanol–water partition coefficient (Wildman–Crippen LogP) is 0.790. The van der Waals surface area contributed by atoms with E-state index in [1.807, 2.05) is 4.90 Å². The average Bonchev–Trinajstić information content (AvgIpc) is 2.71. The molecular weight excluding hydrogens is 190 g/mol. The van der Waals surface area contributed by atoms with Crippen LogP contribution >= 0.6 is 0 Å². The zero-order valence-corrected chi connectivity index (χ0v) is 9.46. The minimum Gasteiger partial charge on any atom is -0.334 e. The summed E-state index contributed by atoms with van der Waals surface area (Å²) in [7, 11) is 0. The van der Waals surface area contributed by atoms with Gasteiger partial charge in [-0.2, -0.15) is 0 Å². The summed E-state index contributed by atoms with van der Waals surface area (Å²) in [5.74, 6) is 0.780. The van der Waals surface area contributed by atoms with E-state index in [0.29, 0.717) is 6.04 Å². The fraction of sp³-hybridized carbons (Fsp3) is 0.909. The Kier molecular flexibility index (Phi) is 3.46. The highest BCUT2D eigenvalue weighted by Gasteiger charge is 2.23. The van der Waals surface area contributed by atoms with E-state index in [1.54, 1.807) is 0 Å². The van der Waals surface area contributed by atoms with Gasteiger partial charge in [0.15, 0.2) is 0 Å². The lowest BCUT2D eigenvalue weighted by Gasteiger charge is -2.31. The molecule has 2 saturated heterocycles. The van der Waals surface area contributed by atoms with Crippen LogP contribution in [0.2, 0.25) is 0 Å². The number of carbonyl (C=O) groups excluding carboxylic acids is 1. The summed E-state index contributed by atoms with van der Waals surface area (Å²) in [5, 5.41) is 6.34. The summed E-state index contributed by atoms with van der Waals surface area (Å²) in [5.41, 5.74) is 0. The van der Waals surface area contributed by atoms with Gasteiger partial charge in [-0.15, -0.1) is 0 Å². The first-order valence-electron chi connectivity index (χ1n) is 6.02. The van der Waals surface area contributed by atoms with E-state index in [4.69, 9.17) is 0 Å². The molecule has 0 saturated carbocycles. The molecule has 2 amide bonds. The largest absolute Gasteiger partial charge is 0.334 e. The van der Waals surface area contributed by atoms with Crippen molar-refractivity contribution in [3.05, 3.63) is 0 Å². The van der Waals surface area contributed by atoms with Crippen LogP contribution in [0.25, 0.3) is 0 Å². The zero-order valence-electron chi connectivity index (χ0n) is 9.46. The SMILES string of the molecule is CC1CCN(C(=O)N[C@@H]2CCNC2)CC1. The van der Waals surface area contributed by atoms with Crippen LogP contribution in [0.3, 0.4) is 0 Å². The molecule has 2 heterocycles. The van der Waals surface area contributed by atoms with Crippen LogP contribution in [0.1, 0.15) is 26.2 Å². The van der Waals surface area contributed by atoms with E-state index in [9.17, 15) is 4.79 Å². The summed E-state index contributed by atoms with van der Waals surface area (Å²) >= 11 is 0. The molecular formula is C11H21N3O. The third kappa shape index (κ3) is 2.84. The van der Waals surface area contributed by atoms with Gasteiger partial charge in [-0.25, -0.2) is 4.79 Å². The zero-order chi connectivity index (χ0) is 10.7. The van der Waals surface area contributed by atoms with Crippen molar-refractivity contribution in [1.82, 2.24) is 15.5 Å². The molecule has 2 aliphatic rings. The van der Waals surface area contributed by atoms with E-state index < -0.39 is 0 Å². The first-order valence-corrected chi connectivity index (χ1v) is 6.02. The van der Waals surface area contributed by atoms with Crippen LogP contribution in [0, 0.1) is 5.92 Å². The van der Waals surface area contributed by atoms with Crippen LogP contribution in [0.15, 0.2) is 0 Å². The Hall–Kier alpha value is -0.770. The first-order chi connectivity index (χ1) is 7.25. The maximum Gasteiger partial charge on any atom is 0.317 e. The molecule has 2 fully saturated rings. The monoisotopic (exact) mass is 211 g/mol. The van der Waals surface area contributed by atoms with Gasteiger partial charge in [-0.05, 0) is 31.7 Å². The maximum atomic E-state index is 11.8. The van der Waals surface area contributed by atoms with Crippen molar-refractivity contribution in [2.24, 2.45) is 5.92 Å². The molecule has 0 aliphatic carbocycles. The molecule has 0 spiro atoms. The number of urea groups is 1. The van der Waals surface area contributed by atoms with Gasteiger partial charge in [0, 0.05) is 25.7 Å².